The summed E-state index contributed by atoms with van der Waals surface area (Å²) in [6.07, 6.45) is 3.31. The molecule has 1 saturated heterocycles. The van der Waals surface area contributed by atoms with E-state index in [1.54, 1.807) is 17.2 Å². The summed E-state index contributed by atoms with van der Waals surface area (Å²) >= 11 is 6.50. The number of carbonyl (C=O) groups is 2. The van der Waals surface area contributed by atoms with Crippen molar-refractivity contribution in [2.24, 2.45) is 0 Å². The first-order chi connectivity index (χ1) is 19.2. The van der Waals surface area contributed by atoms with Crippen LogP contribution < -0.4 is 10.6 Å². The molecule has 2 aliphatic heterocycles. The Morgan fingerprint density at radius 2 is 2.00 bits per heavy atom. The number of aliphatic hydroxyl groups excluding tert-OH is 1. The van der Waals surface area contributed by atoms with Gasteiger partial charge >= 0.3 is 0 Å². The largest absolute Gasteiger partial charge is 0.394 e. The first-order valence-corrected chi connectivity index (χ1v) is 13.9. The zero-order valence-electron chi connectivity index (χ0n) is 22.9. The molecule has 10 heteroatoms. The van der Waals surface area contributed by atoms with E-state index in [0.717, 1.165) is 29.5 Å². The van der Waals surface area contributed by atoms with Gasteiger partial charge in [-0.1, -0.05) is 53.6 Å². The van der Waals surface area contributed by atoms with Crippen LogP contribution in [-0.4, -0.2) is 64.2 Å². The summed E-state index contributed by atoms with van der Waals surface area (Å²) in [5.74, 6) is -0.125. The van der Waals surface area contributed by atoms with Crippen LogP contribution in [0.5, 0.6) is 0 Å². The van der Waals surface area contributed by atoms with E-state index in [4.69, 9.17) is 16.3 Å². The number of hydrogen-bond acceptors (Lipinski definition) is 7. The van der Waals surface area contributed by atoms with Crippen LogP contribution in [0, 0.1) is 6.92 Å². The van der Waals surface area contributed by atoms with E-state index < -0.39 is 11.6 Å². The first-order valence-electron chi connectivity index (χ1n) is 13.5. The first kappa shape index (κ1) is 28.0. The molecule has 0 saturated carbocycles. The van der Waals surface area contributed by atoms with Crippen LogP contribution in [0.3, 0.4) is 0 Å². The number of anilines is 1. The van der Waals surface area contributed by atoms with Crippen LogP contribution >= 0.6 is 11.6 Å². The Kier molecular flexibility index (Phi) is 8.07. The monoisotopic (exact) mass is 563 g/mol. The van der Waals surface area contributed by atoms with Crippen molar-refractivity contribution >= 4 is 29.4 Å². The van der Waals surface area contributed by atoms with Crippen LogP contribution in [0.1, 0.15) is 59.8 Å². The second-order valence-corrected chi connectivity index (χ2v) is 11.3. The molecule has 1 atom stereocenters. The van der Waals surface area contributed by atoms with Gasteiger partial charge in [0.25, 0.3) is 5.91 Å². The fraction of sp³-hybridized carbons (Fsp3) is 0.400. The van der Waals surface area contributed by atoms with Crippen LogP contribution in [0.25, 0.3) is 11.3 Å². The normalized spacial score (nSPS) is 17.4. The smallest absolute Gasteiger partial charge is 0.255 e. The third-order valence-electron chi connectivity index (χ3n) is 7.67. The summed E-state index contributed by atoms with van der Waals surface area (Å²) in [7, 11) is 0. The molecule has 40 heavy (non-hydrogen) atoms. The van der Waals surface area contributed by atoms with Crippen molar-refractivity contribution in [3.05, 3.63) is 75.9 Å². The highest BCUT2D eigenvalue weighted by Gasteiger charge is 2.44. The lowest BCUT2D eigenvalue weighted by atomic mass is 9.92. The van der Waals surface area contributed by atoms with Gasteiger partial charge in [-0.15, -0.1) is 0 Å². The van der Waals surface area contributed by atoms with E-state index in [2.05, 4.69) is 20.6 Å². The molecular formula is C30H34ClN5O4. The lowest BCUT2D eigenvalue weighted by molar-refractivity contribution is -0.123. The number of benzene rings is 2. The summed E-state index contributed by atoms with van der Waals surface area (Å²) in [6, 6.07) is 12.9. The van der Waals surface area contributed by atoms with Gasteiger partial charge in [-0.05, 0) is 50.8 Å². The molecule has 2 amide bonds. The van der Waals surface area contributed by atoms with Gasteiger partial charge < -0.3 is 25.4 Å². The van der Waals surface area contributed by atoms with Crippen molar-refractivity contribution < 1.29 is 19.4 Å². The highest BCUT2D eigenvalue weighted by molar-refractivity contribution is 6.33. The van der Waals surface area contributed by atoms with Gasteiger partial charge in [0.15, 0.2) is 0 Å². The zero-order chi connectivity index (χ0) is 28.4. The van der Waals surface area contributed by atoms with Crippen LogP contribution in [-0.2, 0) is 15.1 Å². The summed E-state index contributed by atoms with van der Waals surface area (Å²) in [4.78, 5) is 37.3. The minimum Gasteiger partial charge on any atom is -0.394 e. The third-order valence-corrected chi connectivity index (χ3v) is 7.94. The third kappa shape index (κ3) is 5.68. The molecule has 210 valence electrons. The maximum Gasteiger partial charge on any atom is 0.255 e. The molecule has 2 aromatic carbocycles. The van der Waals surface area contributed by atoms with Crippen LogP contribution in [0.2, 0.25) is 5.02 Å². The number of carbonyl (C=O) groups excluding carboxylic acids is 2. The van der Waals surface area contributed by atoms with E-state index in [-0.39, 0.29) is 31.0 Å². The maximum atomic E-state index is 13.6. The van der Waals surface area contributed by atoms with Crippen molar-refractivity contribution in [3.63, 3.8) is 0 Å². The Morgan fingerprint density at radius 3 is 2.73 bits per heavy atom. The van der Waals surface area contributed by atoms with Gasteiger partial charge in [-0.2, -0.15) is 0 Å². The molecular weight excluding hydrogens is 530 g/mol. The highest BCUT2D eigenvalue weighted by atomic mass is 35.5. The van der Waals surface area contributed by atoms with E-state index in [1.807, 2.05) is 57.2 Å². The quantitative estimate of drug-likeness (QED) is 0.375. The predicted octanol–water partition coefficient (Wildman–Crippen LogP) is 4.24. The Morgan fingerprint density at radius 1 is 1.23 bits per heavy atom. The molecule has 3 heterocycles. The maximum absolute atomic E-state index is 13.6. The lowest BCUT2D eigenvalue weighted by Gasteiger charge is -2.32. The standard InChI is InChI=1S/C30H34ClN5O4/c1-18-5-4-6-19(13-18)25(17-37)34-26(38)16-36-28(39)22-14-20(7-8-23(22)30(36,2)3)27-24(31)15-32-29(35-27)33-21-9-11-40-12-10-21/h4-8,13-15,21,25,37H,9-12,16-17H2,1-3H3,(H,34,38)(H,32,33,35)/t25-/m1/s1. The van der Waals surface area contributed by atoms with Crippen molar-refractivity contribution in [2.75, 3.05) is 31.7 Å². The number of hydrogen-bond donors (Lipinski definition) is 3. The molecule has 1 fully saturated rings. The number of aromatic nitrogens is 2. The number of aliphatic hydroxyl groups is 1. The van der Waals surface area contributed by atoms with E-state index >= 15 is 0 Å². The zero-order valence-corrected chi connectivity index (χ0v) is 23.7. The molecule has 5 rings (SSSR count). The fourth-order valence-electron chi connectivity index (χ4n) is 5.38. The predicted molar refractivity (Wildman–Crippen MR) is 153 cm³/mol. The van der Waals surface area contributed by atoms with Crippen molar-refractivity contribution in [1.82, 2.24) is 20.2 Å². The Bertz CT molecular complexity index is 1420. The number of ether oxygens (including phenoxy) is 1. The molecule has 1 aromatic heterocycles. The minimum atomic E-state index is -0.717. The molecule has 0 unspecified atom stereocenters. The Hall–Kier alpha value is -3.53. The van der Waals surface area contributed by atoms with Crippen molar-refractivity contribution in [3.8, 4) is 11.3 Å². The summed E-state index contributed by atoms with van der Waals surface area (Å²) in [5, 5.41) is 16.5. The van der Waals surface area contributed by atoms with Gasteiger partial charge in [0, 0.05) is 30.4 Å². The highest BCUT2D eigenvalue weighted by Crippen LogP contribution is 2.40. The number of fused-ring (bicyclic) bond motifs is 1. The van der Waals surface area contributed by atoms with Gasteiger partial charge in [-0.25, -0.2) is 9.97 Å². The summed E-state index contributed by atoms with van der Waals surface area (Å²) in [6.45, 7) is 6.79. The molecule has 0 spiro atoms. The second-order valence-electron chi connectivity index (χ2n) is 10.8. The van der Waals surface area contributed by atoms with E-state index in [0.29, 0.717) is 41.0 Å². The van der Waals surface area contributed by atoms with E-state index in [9.17, 15) is 14.7 Å². The lowest BCUT2D eigenvalue weighted by Crippen LogP contribution is -2.46. The summed E-state index contributed by atoms with van der Waals surface area (Å²) in [5.41, 5.74) is 3.66. The Balaban J connectivity index is 1.35. The van der Waals surface area contributed by atoms with Crippen molar-refractivity contribution in [2.45, 2.75) is 51.2 Å². The molecule has 9 nitrogen and oxygen atoms in total. The number of aryl methyl sites for hydroxylation is 1. The Labute approximate surface area is 238 Å². The minimum absolute atomic E-state index is 0.147. The van der Waals surface area contributed by atoms with Gasteiger partial charge in [0.05, 0.1) is 35.1 Å². The molecule has 0 aliphatic carbocycles. The molecule has 2 aliphatic rings. The molecule has 0 bridgehead atoms. The SMILES string of the molecule is Cc1cccc([C@@H](CO)NC(=O)CN2C(=O)c3cc(-c4nc(NC5CCOCC5)ncc4Cl)ccc3C2(C)C)c1. The van der Waals surface area contributed by atoms with E-state index in [1.165, 1.54) is 0 Å². The van der Waals surface area contributed by atoms with Gasteiger partial charge in [0.1, 0.15) is 6.54 Å². The van der Waals surface area contributed by atoms with Gasteiger partial charge in [0.2, 0.25) is 11.9 Å². The average molecular weight is 564 g/mol. The average Bonchev–Trinajstić information content (AvgIpc) is 3.13. The molecule has 3 aromatic rings. The number of halogens is 1. The fourth-order valence-corrected chi connectivity index (χ4v) is 5.58. The number of nitrogens with one attached hydrogen (secondary N) is 2. The summed E-state index contributed by atoms with van der Waals surface area (Å²) < 4.78 is 5.43. The number of rotatable bonds is 8. The van der Waals surface area contributed by atoms with Crippen molar-refractivity contribution in [1.29, 1.82) is 0 Å². The molecule has 3 N–H and O–H groups in total. The topological polar surface area (TPSA) is 117 Å². The second kappa shape index (κ2) is 11.5. The van der Waals surface area contributed by atoms with Crippen LogP contribution in [0.15, 0.2) is 48.7 Å². The van der Waals surface area contributed by atoms with Gasteiger partial charge in [-0.3, -0.25) is 9.59 Å². The molecule has 0 radical (unpaired) electrons. The van der Waals surface area contributed by atoms with Crippen LogP contribution in [0.4, 0.5) is 5.95 Å². The number of amides is 2. The number of nitrogens with zero attached hydrogens (tertiary/aromatic N) is 3.